The third-order valence-corrected chi connectivity index (χ3v) is 4.78. The van der Waals surface area contributed by atoms with E-state index in [-0.39, 0.29) is 0 Å². The highest BCUT2D eigenvalue weighted by molar-refractivity contribution is 5.40. The Balaban J connectivity index is 1.36. The molecule has 0 spiro atoms. The monoisotopic (exact) mass is 273 g/mol. The molecule has 1 N–H and O–H groups in total. The van der Waals surface area contributed by atoms with Crippen LogP contribution < -0.4 is 10.1 Å². The standard InChI is InChI=1S/C18H27NO/c1-14-7-8-18-16(11-14)12-17(20-18)13-19-10-9-15-5-3-2-4-6-15/h7-8,11,15,17,19H,2-6,9-10,12-13H2,1H3. The largest absolute Gasteiger partial charge is 0.488 e. The highest BCUT2D eigenvalue weighted by Crippen LogP contribution is 2.29. The zero-order valence-electron chi connectivity index (χ0n) is 12.7. The van der Waals surface area contributed by atoms with E-state index < -0.39 is 0 Å². The number of nitrogens with one attached hydrogen (secondary N) is 1. The summed E-state index contributed by atoms with van der Waals surface area (Å²) in [5, 5.41) is 3.60. The molecule has 1 aromatic carbocycles. The molecule has 2 nitrogen and oxygen atoms in total. The second-order valence-electron chi connectivity index (χ2n) is 6.55. The normalized spacial score (nSPS) is 22.6. The Morgan fingerprint density at radius 2 is 2.05 bits per heavy atom. The van der Waals surface area contributed by atoms with E-state index in [1.54, 1.807) is 0 Å². The maximum absolute atomic E-state index is 5.99. The summed E-state index contributed by atoms with van der Waals surface area (Å²) in [5.74, 6) is 2.07. The van der Waals surface area contributed by atoms with Crippen molar-refractivity contribution in [2.45, 2.75) is 58.0 Å². The average Bonchev–Trinajstić information content (AvgIpc) is 2.86. The molecule has 1 heterocycles. The molecule has 1 atom stereocenters. The van der Waals surface area contributed by atoms with Crippen molar-refractivity contribution in [3.05, 3.63) is 29.3 Å². The molecule has 1 aliphatic heterocycles. The summed E-state index contributed by atoms with van der Waals surface area (Å²) in [4.78, 5) is 0. The van der Waals surface area contributed by atoms with Crippen molar-refractivity contribution in [3.8, 4) is 5.75 Å². The first kappa shape index (κ1) is 13.9. The summed E-state index contributed by atoms with van der Waals surface area (Å²) < 4.78 is 5.99. The molecule has 2 heteroatoms. The summed E-state index contributed by atoms with van der Waals surface area (Å²) in [6.07, 6.45) is 10.00. The molecule has 1 aliphatic carbocycles. The molecule has 1 saturated carbocycles. The first-order valence-electron chi connectivity index (χ1n) is 8.28. The van der Waals surface area contributed by atoms with Crippen molar-refractivity contribution in [1.82, 2.24) is 5.32 Å². The number of aryl methyl sites for hydroxylation is 1. The van der Waals surface area contributed by atoms with Crippen molar-refractivity contribution in [2.24, 2.45) is 5.92 Å². The molecule has 20 heavy (non-hydrogen) atoms. The summed E-state index contributed by atoms with van der Waals surface area (Å²) in [7, 11) is 0. The lowest BCUT2D eigenvalue weighted by Crippen LogP contribution is -2.31. The van der Waals surface area contributed by atoms with Crippen molar-refractivity contribution >= 4 is 0 Å². The maximum Gasteiger partial charge on any atom is 0.123 e. The van der Waals surface area contributed by atoms with Gasteiger partial charge < -0.3 is 10.1 Å². The van der Waals surface area contributed by atoms with Crippen LogP contribution in [0.2, 0.25) is 0 Å². The van der Waals surface area contributed by atoms with Crippen molar-refractivity contribution in [2.75, 3.05) is 13.1 Å². The van der Waals surface area contributed by atoms with Gasteiger partial charge in [-0.15, -0.1) is 0 Å². The zero-order chi connectivity index (χ0) is 13.8. The van der Waals surface area contributed by atoms with Gasteiger partial charge in [-0.25, -0.2) is 0 Å². The number of fused-ring (bicyclic) bond motifs is 1. The smallest absolute Gasteiger partial charge is 0.123 e. The highest BCUT2D eigenvalue weighted by Gasteiger charge is 2.22. The van der Waals surface area contributed by atoms with E-state index in [9.17, 15) is 0 Å². The summed E-state index contributed by atoms with van der Waals surface area (Å²) in [6.45, 7) is 4.29. The first-order chi connectivity index (χ1) is 9.81. The van der Waals surface area contributed by atoms with Crippen LogP contribution >= 0.6 is 0 Å². The Labute approximate surface area is 122 Å². The van der Waals surface area contributed by atoms with E-state index >= 15 is 0 Å². The fourth-order valence-corrected chi connectivity index (χ4v) is 3.61. The van der Waals surface area contributed by atoms with Crippen LogP contribution in [-0.4, -0.2) is 19.2 Å². The molecule has 1 fully saturated rings. The second-order valence-corrected chi connectivity index (χ2v) is 6.55. The highest BCUT2D eigenvalue weighted by atomic mass is 16.5. The summed E-state index contributed by atoms with van der Waals surface area (Å²) in [6, 6.07) is 6.52. The summed E-state index contributed by atoms with van der Waals surface area (Å²) in [5.41, 5.74) is 2.71. The number of hydrogen-bond donors (Lipinski definition) is 1. The molecule has 0 radical (unpaired) electrons. The van der Waals surface area contributed by atoms with Crippen molar-refractivity contribution in [3.63, 3.8) is 0 Å². The van der Waals surface area contributed by atoms with Crippen molar-refractivity contribution in [1.29, 1.82) is 0 Å². The van der Waals surface area contributed by atoms with Crippen LogP contribution in [0, 0.1) is 12.8 Å². The quantitative estimate of drug-likeness (QED) is 0.823. The van der Waals surface area contributed by atoms with Crippen LogP contribution in [0.15, 0.2) is 18.2 Å². The van der Waals surface area contributed by atoms with Crippen LogP contribution in [0.4, 0.5) is 0 Å². The van der Waals surface area contributed by atoms with Gasteiger partial charge in [0.1, 0.15) is 11.9 Å². The molecule has 1 aromatic rings. The molecule has 0 saturated heterocycles. The zero-order valence-corrected chi connectivity index (χ0v) is 12.7. The Morgan fingerprint density at radius 1 is 1.20 bits per heavy atom. The number of rotatable bonds is 5. The predicted molar refractivity (Wildman–Crippen MR) is 83.4 cm³/mol. The van der Waals surface area contributed by atoms with E-state index in [1.807, 2.05) is 0 Å². The van der Waals surface area contributed by atoms with Crippen LogP contribution in [0.1, 0.15) is 49.7 Å². The molecular formula is C18H27NO. The van der Waals surface area contributed by atoms with Gasteiger partial charge in [-0.3, -0.25) is 0 Å². The van der Waals surface area contributed by atoms with Gasteiger partial charge in [0.05, 0.1) is 0 Å². The van der Waals surface area contributed by atoms with Gasteiger partial charge in [-0.05, 0) is 37.4 Å². The Morgan fingerprint density at radius 3 is 2.90 bits per heavy atom. The molecular weight excluding hydrogens is 246 g/mol. The van der Waals surface area contributed by atoms with Gasteiger partial charge in [0.2, 0.25) is 0 Å². The lowest BCUT2D eigenvalue weighted by atomic mass is 9.87. The Bertz CT molecular complexity index is 437. The van der Waals surface area contributed by atoms with E-state index in [1.165, 1.54) is 49.7 Å². The third kappa shape index (κ3) is 3.54. The minimum absolute atomic E-state index is 0.332. The van der Waals surface area contributed by atoms with E-state index in [4.69, 9.17) is 4.74 Å². The molecule has 0 bridgehead atoms. The van der Waals surface area contributed by atoms with Crippen molar-refractivity contribution < 1.29 is 4.74 Å². The fourth-order valence-electron chi connectivity index (χ4n) is 3.61. The molecule has 110 valence electrons. The third-order valence-electron chi connectivity index (χ3n) is 4.78. The molecule has 3 rings (SSSR count). The second kappa shape index (κ2) is 6.62. The van der Waals surface area contributed by atoms with E-state index in [2.05, 4.69) is 30.4 Å². The number of ether oxygens (including phenoxy) is 1. The number of hydrogen-bond acceptors (Lipinski definition) is 2. The number of benzene rings is 1. The maximum atomic E-state index is 5.99. The van der Waals surface area contributed by atoms with Crippen LogP contribution in [0.25, 0.3) is 0 Å². The topological polar surface area (TPSA) is 21.3 Å². The van der Waals surface area contributed by atoms with Gasteiger partial charge in [-0.2, -0.15) is 0 Å². The minimum Gasteiger partial charge on any atom is -0.488 e. The Hall–Kier alpha value is -1.02. The van der Waals surface area contributed by atoms with E-state index in [0.717, 1.165) is 31.2 Å². The molecule has 2 aliphatic rings. The van der Waals surface area contributed by atoms with Gasteiger partial charge in [0.15, 0.2) is 0 Å². The van der Waals surface area contributed by atoms with Gasteiger partial charge in [-0.1, -0.05) is 49.8 Å². The van der Waals surface area contributed by atoms with Crippen LogP contribution in [-0.2, 0) is 6.42 Å². The fraction of sp³-hybridized carbons (Fsp3) is 0.667. The Kier molecular flexibility index (Phi) is 4.62. The molecule has 0 aromatic heterocycles. The predicted octanol–water partition coefficient (Wildman–Crippen LogP) is 3.86. The first-order valence-corrected chi connectivity index (χ1v) is 8.28. The van der Waals surface area contributed by atoms with E-state index in [0.29, 0.717) is 6.10 Å². The minimum atomic E-state index is 0.332. The lowest BCUT2D eigenvalue weighted by molar-refractivity contribution is 0.225. The van der Waals surface area contributed by atoms with Crippen LogP contribution in [0.3, 0.4) is 0 Å². The van der Waals surface area contributed by atoms with Crippen LogP contribution in [0.5, 0.6) is 5.75 Å². The van der Waals surface area contributed by atoms with Gasteiger partial charge in [0, 0.05) is 13.0 Å². The molecule has 0 amide bonds. The molecule has 1 unspecified atom stereocenters. The van der Waals surface area contributed by atoms with Gasteiger partial charge >= 0.3 is 0 Å². The SMILES string of the molecule is Cc1ccc2c(c1)CC(CNCCC1CCCCC1)O2. The lowest BCUT2D eigenvalue weighted by Gasteiger charge is -2.21. The average molecular weight is 273 g/mol. The van der Waals surface area contributed by atoms with Gasteiger partial charge in [0.25, 0.3) is 0 Å². The summed E-state index contributed by atoms with van der Waals surface area (Å²) >= 11 is 0.